The van der Waals surface area contributed by atoms with Crippen LogP contribution >= 0.6 is 0 Å². The van der Waals surface area contributed by atoms with E-state index in [1.807, 2.05) is 24.3 Å². The third kappa shape index (κ3) is 2.64. The van der Waals surface area contributed by atoms with Crippen LogP contribution in [0.5, 0.6) is 0 Å². The Morgan fingerprint density at radius 3 is 2.84 bits per heavy atom. The van der Waals surface area contributed by atoms with Crippen LogP contribution in [0.1, 0.15) is 31.9 Å². The van der Waals surface area contributed by atoms with Gasteiger partial charge in [-0.15, -0.1) is 0 Å². The molecule has 1 aromatic carbocycles. The fourth-order valence-corrected chi connectivity index (χ4v) is 3.33. The number of para-hydroxylation sites is 1. The maximum absolute atomic E-state index is 10.4. The van der Waals surface area contributed by atoms with Crippen molar-refractivity contribution >= 4 is 10.9 Å². The number of aliphatic hydroxyl groups is 1. The average Bonchev–Trinajstić information content (AvgIpc) is 2.85. The quantitative estimate of drug-likeness (QED) is 0.909. The second-order valence-electron chi connectivity index (χ2n) is 5.84. The van der Waals surface area contributed by atoms with Crippen LogP contribution in [-0.2, 0) is 6.42 Å². The fraction of sp³-hybridized carbons (Fsp3) is 0.471. The van der Waals surface area contributed by atoms with E-state index in [1.165, 1.54) is 12.8 Å². The predicted molar refractivity (Wildman–Crippen MR) is 78.0 cm³/mol. The minimum atomic E-state index is -0.244. The minimum absolute atomic E-state index is 0.244. The van der Waals surface area contributed by atoms with Crippen LogP contribution in [0.2, 0.25) is 0 Å². The maximum Gasteiger partial charge on any atom is 0.0705 e. The molecule has 1 N–H and O–H groups in total. The van der Waals surface area contributed by atoms with Gasteiger partial charge >= 0.3 is 0 Å². The molecule has 0 spiro atoms. The highest BCUT2D eigenvalue weighted by Crippen LogP contribution is 2.34. The van der Waals surface area contributed by atoms with Gasteiger partial charge < -0.3 is 5.11 Å². The van der Waals surface area contributed by atoms with Crippen molar-refractivity contribution in [1.29, 1.82) is 0 Å². The molecule has 2 aromatic rings. The van der Waals surface area contributed by atoms with Crippen molar-refractivity contribution in [3.8, 4) is 0 Å². The Kier molecular flexibility index (Phi) is 3.52. The lowest BCUT2D eigenvalue weighted by Gasteiger charge is -2.21. The number of nitrogens with zero attached hydrogens (tertiary/aromatic N) is 1. The second-order valence-corrected chi connectivity index (χ2v) is 5.84. The zero-order chi connectivity index (χ0) is 13.2. The van der Waals surface area contributed by atoms with E-state index >= 15 is 0 Å². The Hall–Kier alpha value is -1.41. The first-order valence-electron chi connectivity index (χ1n) is 7.27. The van der Waals surface area contributed by atoms with E-state index in [1.54, 1.807) is 0 Å². The van der Waals surface area contributed by atoms with Gasteiger partial charge in [0.2, 0.25) is 0 Å². The van der Waals surface area contributed by atoms with Gasteiger partial charge in [0.1, 0.15) is 0 Å². The van der Waals surface area contributed by atoms with Crippen LogP contribution < -0.4 is 0 Å². The molecule has 1 aromatic heterocycles. The second kappa shape index (κ2) is 5.30. The lowest BCUT2D eigenvalue weighted by Crippen LogP contribution is -2.25. The molecule has 0 saturated heterocycles. The molecule has 19 heavy (non-hydrogen) atoms. The molecule has 0 aliphatic heterocycles. The van der Waals surface area contributed by atoms with Crippen molar-refractivity contribution in [2.75, 3.05) is 0 Å². The summed E-state index contributed by atoms with van der Waals surface area (Å²) in [6.07, 6.45) is 4.11. The summed E-state index contributed by atoms with van der Waals surface area (Å²) in [5.41, 5.74) is 2.02. The number of aliphatic hydroxyl groups excluding tert-OH is 1. The molecular weight excluding hydrogens is 234 g/mol. The Morgan fingerprint density at radius 1 is 1.21 bits per heavy atom. The van der Waals surface area contributed by atoms with Gasteiger partial charge in [-0.2, -0.15) is 0 Å². The van der Waals surface area contributed by atoms with Gasteiger partial charge in [-0.25, -0.2) is 0 Å². The minimum Gasteiger partial charge on any atom is -0.392 e. The molecule has 1 aliphatic rings. The number of benzene rings is 1. The summed E-state index contributed by atoms with van der Waals surface area (Å²) in [5.74, 6) is 1.10. The standard InChI is InChI=1S/C17H21NO/c1-12-5-4-7-15(12)17(19)11-14-10-9-13-6-2-3-8-16(13)18-14/h2-3,6,8-10,12,15,17,19H,4-5,7,11H2,1H3. The van der Waals surface area contributed by atoms with Gasteiger partial charge in [-0.3, -0.25) is 4.98 Å². The van der Waals surface area contributed by atoms with Crippen molar-refractivity contribution < 1.29 is 5.11 Å². The van der Waals surface area contributed by atoms with Crippen LogP contribution in [0.3, 0.4) is 0 Å². The first-order chi connectivity index (χ1) is 9.24. The molecule has 0 radical (unpaired) electrons. The van der Waals surface area contributed by atoms with E-state index in [2.05, 4.69) is 24.0 Å². The smallest absolute Gasteiger partial charge is 0.0705 e. The summed E-state index contributed by atoms with van der Waals surface area (Å²) in [6.45, 7) is 2.26. The number of fused-ring (bicyclic) bond motifs is 1. The van der Waals surface area contributed by atoms with Crippen molar-refractivity contribution in [1.82, 2.24) is 4.98 Å². The molecule has 2 heteroatoms. The first-order valence-corrected chi connectivity index (χ1v) is 7.27. The highest BCUT2D eigenvalue weighted by molar-refractivity contribution is 5.78. The molecule has 1 saturated carbocycles. The number of aromatic nitrogens is 1. The number of rotatable bonds is 3. The third-order valence-corrected chi connectivity index (χ3v) is 4.50. The molecule has 3 unspecified atom stereocenters. The lowest BCUT2D eigenvalue weighted by atomic mass is 9.89. The molecule has 100 valence electrons. The highest BCUT2D eigenvalue weighted by Gasteiger charge is 2.29. The predicted octanol–water partition coefficient (Wildman–Crippen LogP) is 3.57. The summed E-state index contributed by atoms with van der Waals surface area (Å²) in [6, 6.07) is 12.3. The summed E-state index contributed by atoms with van der Waals surface area (Å²) in [7, 11) is 0. The molecule has 3 atom stereocenters. The lowest BCUT2D eigenvalue weighted by molar-refractivity contribution is 0.0894. The zero-order valence-corrected chi connectivity index (χ0v) is 11.4. The number of hydrogen-bond donors (Lipinski definition) is 1. The first kappa shape index (κ1) is 12.6. The molecule has 0 amide bonds. The Bertz CT molecular complexity index is 566. The van der Waals surface area contributed by atoms with Gasteiger partial charge in [-0.1, -0.05) is 44.0 Å². The molecule has 1 fully saturated rings. The van der Waals surface area contributed by atoms with Gasteiger partial charge in [0.15, 0.2) is 0 Å². The van der Waals surface area contributed by atoms with E-state index in [-0.39, 0.29) is 6.10 Å². The number of hydrogen-bond acceptors (Lipinski definition) is 2. The van der Waals surface area contributed by atoms with E-state index in [4.69, 9.17) is 0 Å². The third-order valence-electron chi connectivity index (χ3n) is 4.50. The monoisotopic (exact) mass is 255 g/mol. The topological polar surface area (TPSA) is 33.1 Å². The highest BCUT2D eigenvalue weighted by atomic mass is 16.3. The normalized spacial score (nSPS) is 24.7. The van der Waals surface area contributed by atoms with Crippen LogP contribution in [-0.4, -0.2) is 16.2 Å². The van der Waals surface area contributed by atoms with Crippen LogP contribution in [0.25, 0.3) is 10.9 Å². The summed E-state index contributed by atoms with van der Waals surface area (Å²) in [5, 5.41) is 11.6. The van der Waals surface area contributed by atoms with Crippen LogP contribution in [0.15, 0.2) is 36.4 Å². The summed E-state index contributed by atoms with van der Waals surface area (Å²) >= 11 is 0. The van der Waals surface area contributed by atoms with Crippen LogP contribution in [0.4, 0.5) is 0 Å². The van der Waals surface area contributed by atoms with E-state index in [0.29, 0.717) is 18.3 Å². The Labute approximate surface area is 114 Å². The SMILES string of the molecule is CC1CCCC1C(O)Cc1ccc2ccccc2n1. The van der Waals surface area contributed by atoms with Crippen molar-refractivity contribution in [3.63, 3.8) is 0 Å². The van der Waals surface area contributed by atoms with Crippen molar-refractivity contribution in [2.45, 2.75) is 38.7 Å². The fourth-order valence-electron chi connectivity index (χ4n) is 3.33. The largest absolute Gasteiger partial charge is 0.392 e. The molecule has 1 heterocycles. The molecular formula is C17H21NO. The average molecular weight is 255 g/mol. The van der Waals surface area contributed by atoms with Crippen LogP contribution in [0, 0.1) is 11.8 Å². The van der Waals surface area contributed by atoms with E-state index < -0.39 is 0 Å². The van der Waals surface area contributed by atoms with Gasteiger partial charge in [-0.05, 0) is 30.4 Å². The molecule has 2 nitrogen and oxygen atoms in total. The summed E-state index contributed by atoms with van der Waals surface area (Å²) in [4.78, 5) is 4.65. The van der Waals surface area contributed by atoms with Gasteiger partial charge in [0, 0.05) is 17.5 Å². The van der Waals surface area contributed by atoms with Gasteiger partial charge in [0.05, 0.1) is 11.6 Å². The number of pyridine rings is 1. The van der Waals surface area contributed by atoms with Crippen molar-refractivity contribution in [2.24, 2.45) is 11.8 Å². The Balaban J connectivity index is 1.77. The van der Waals surface area contributed by atoms with E-state index in [0.717, 1.165) is 23.0 Å². The maximum atomic E-state index is 10.4. The Morgan fingerprint density at radius 2 is 2.05 bits per heavy atom. The molecule has 0 bridgehead atoms. The van der Waals surface area contributed by atoms with Crippen molar-refractivity contribution in [3.05, 3.63) is 42.1 Å². The van der Waals surface area contributed by atoms with Gasteiger partial charge in [0.25, 0.3) is 0 Å². The molecule has 3 rings (SSSR count). The molecule has 1 aliphatic carbocycles. The summed E-state index contributed by atoms with van der Waals surface area (Å²) < 4.78 is 0. The zero-order valence-electron chi connectivity index (χ0n) is 11.4. The van der Waals surface area contributed by atoms with E-state index in [9.17, 15) is 5.11 Å².